The van der Waals surface area contributed by atoms with Gasteiger partial charge in [-0.25, -0.2) is 4.79 Å². The Morgan fingerprint density at radius 3 is 2.71 bits per heavy atom. The Morgan fingerprint density at radius 2 is 2.10 bits per heavy atom. The van der Waals surface area contributed by atoms with Crippen LogP contribution in [0.4, 0.5) is 5.69 Å². The van der Waals surface area contributed by atoms with E-state index in [1.54, 1.807) is 6.07 Å². The van der Waals surface area contributed by atoms with E-state index in [9.17, 15) is 9.59 Å². The maximum Gasteiger partial charge on any atom is 0.328 e. The van der Waals surface area contributed by atoms with Gasteiger partial charge in [-0.15, -0.1) is 0 Å². The molecule has 1 heterocycles. The molecule has 0 bridgehead atoms. The Hall–Kier alpha value is -2.14. The van der Waals surface area contributed by atoms with E-state index in [1.807, 2.05) is 26.0 Å². The molecule has 0 aromatic heterocycles. The zero-order chi connectivity index (χ0) is 15.4. The molecular formula is C16H19NO4. The molecule has 2 rings (SSSR count). The van der Waals surface area contributed by atoms with Crippen LogP contribution in [0.1, 0.15) is 30.9 Å². The first-order valence-corrected chi connectivity index (χ1v) is 6.93. The van der Waals surface area contributed by atoms with Gasteiger partial charge in [-0.05, 0) is 56.0 Å². The summed E-state index contributed by atoms with van der Waals surface area (Å²) in [6.45, 7) is 3.84. The molecule has 1 aromatic carbocycles. The predicted molar refractivity (Wildman–Crippen MR) is 80.0 cm³/mol. The third-order valence-electron chi connectivity index (χ3n) is 3.31. The van der Waals surface area contributed by atoms with Gasteiger partial charge in [-0.3, -0.25) is 4.79 Å². The summed E-state index contributed by atoms with van der Waals surface area (Å²) >= 11 is 0. The lowest BCUT2D eigenvalue weighted by molar-refractivity contribution is -0.131. The maximum absolute atomic E-state index is 12.1. The Kier molecular flexibility index (Phi) is 4.75. The van der Waals surface area contributed by atoms with Crippen molar-refractivity contribution in [1.29, 1.82) is 0 Å². The van der Waals surface area contributed by atoms with E-state index in [0.717, 1.165) is 30.0 Å². The van der Waals surface area contributed by atoms with Crippen LogP contribution in [0.3, 0.4) is 0 Å². The van der Waals surface area contributed by atoms with Gasteiger partial charge in [-0.1, -0.05) is 6.07 Å². The van der Waals surface area contributed by atoms with Crippen LogP contribution in [0.25, 0.3) is 6.08 Å². The van der Waals surface area contributed by atoms with Crippen LogP contribution < -0.4 is 5.32 Å². The van der Waals surface area contributed by atoms with Crippen molar-refractivity contribution in [2.24, 2.45) is 0 Å². The number of nitrogens with one attached hydrogen (secondary N) is 1. The van der Waals surface area contributed by atoms with Crippen LogP contribution in [-0.2, 0) is 14.3 Å². The molecule has 1 fully saturated rings. The van der Waals surface area contributed by atoms with Gasteiger partial charge in [0.05, 0.1) is 6.10 Å². The quantitative estimate of drug-likeness (QED) is 0.835. The average Bonchev–Trinajstić information content (AvgIpc) is 2.82. The zero-order valence-corrected chi connectivity index (χ0v) is 12.1. The van der Waals surface area contributed by atoms with E-state index in [4.69, 9.17) is 9.84 Å². The molecule has 0 saturated carbocycles. The summed E-state index contributed by atoms with van der Waals surface area (Å²) in [7, 11) is 0. The summed E-state index contributed by atoms with van der Waals surface area (Å²) in [6, 6.07) is 5.43. The highest BCUT2D eigenvalue weighted by molar-refractivity contribution is 5.95. The number of carbonyl (C=O) groups excluding carboxylic acids is 1. The zero-order valence-electron chi connectivity index (χ0n) is 12.1. The van der Waals surface area contributed by atoms with E-state index in [0.29, 0.717) is 5.69 Å². The first-order chi connectivity index (χ1) is 9.94. The van der Waals surface area contributed by atoms with Crippen molar-refractivity contribution in [2.75, 3.05) is 5.32 Å². The SMILES string of the molecule is Cc1cc(/C=C/C(=O)O)cc(NC(=O)C2CCC(C)O2)c1. The molecule has 1 amide bonds. The molecule has 5 nitrogen and oxygen atoms in total. The fraction of sp³-hybridized carbons (Fsp3) is 0.375. The first-order valence-electron chi connectivity index (χ1n) is 6.93. The standard InChI is InChI=1S/C16H19NO4/c1-10-7-12(4-6-15(18)19)9-13(8-10)17-16(20)14-5-3-11(2)21-14/h4,6-9,11,14H,3,5H2,1-2H3,(H,17,20)(H,18,19)/b6-4+. The fourth-order valence-electron chi connectivity index (χ4n) is 2.37. The molecule has 1 aromatic rings. The molecule has 1 saturated heterocycles. The molecule has 1 aliphatic rings. The van der Waals surface area contributed by atoms with Crippen LogP contribution in [0, 0.1) is 6.92 Å². The maximum atomic E-state index is 12.1. The monoisotopic (exact) mass is 289 g/mol. The Labute approximate surface area is 123 Å². The molecule has 0 radical (unpaired) electrons. The summed E-state index contributed by atoms with van der Waals surface area (Å²) in [6.07, 6.45) is 3.90. The second kappa shape index (κ2) is 6.54. The minimum Gasteiger partial charge on any atom is -0.478 e. The Bertz CT molecular complexity index is 580. The van der Waals surface area contributed by atoms with Gasteiger partial charge in [0.1, 0.15) is 6.10 Å². The van der Waals surface area contributed by atoms with Crippen molar-refractivity contribution in [3.63, 3.8) is 0 Å². The third-order valence-corrected chi connectivity index (χ3v) is 3.31. The molecular weight excluding hydrogens is 270 g/mol. The van der Waals surface area contributed by atoms with Gasteiger partial charge in [0, 0.05) is 11.8 Å². The van der Waals surface area contributed by atoms with Crippen molar-refractivity contribution in [1.82, 2.24) is 0 Å². The largest absolute Gasteiger partial charge is 0.478 e. The van der Waals surface area contributed by atoms with Crippen LogP contribution in [-0.4, -0.2) is 29.2 Å². The summed E-state index contributed by atoms with van der Waals surface area (Å²) in [4.78, 5) is 22.7. The summed E-state index contributed by atoms with van der Waals surface area (Å²) < 4.78 is 5.53. The van der Waals surface area contributed by atoms with Crippen LogP contribution in [0.15, 0.2) is 24.3 Å². The normalized spacial score (nSPS) is 21.6. The molecule has 2 atom stereocenters. The van der Waals surface area contributed by atoms with E-state index >= 15 is 0 Å². The van der Waals surface area contributed by atoms with Crippen molar-refractivity contribution in [2.45, 2.75) is 38.9 Å². The van der Waals surface area contributed by atoms with Crippen LogP contribution in [0.2, 0.25) is 0 Å². The van der Waals surface area contributed by atoms with E-state index in [1.165, 1.54) is 6.08 Å². The third kappa shape index (κ3) is 4.43. The number of aliphatic carboxylic acids is 1. The van der Waals surface area contributed by atoms with Crippen LogP contribution in [0.5, 0.6) is 0 Å². The lowest BCUT2D eigenvalue weighted by atomic mass is 10.1. The highest BCUT2D eigenvalue weighted by Gasteiger charge is 2.28. The predicted octanol–water partition coefficient (Wildman–Crippen LogP) is 2.60. The number of benzene rings is 1. The number of hydrogen-bond donors (Lipinski definition) is 2. The number of aryl methyl sites for hydroxylation is 1. The molecule has 2 N–H and O–H groups in total. The van der Waals surface area contributed by atoms with Gasteiger partial charge in [-0.2, -0.15) is 0 Å². The lowest BCUT2D eigenvalue weighted by Gasteiger charge is -2.12. The second-order valence-corrected chi connectivity index (χ2v) is 5.31. The smallest absolute Gasteiger partial charge is 0.328 e. The molecule has 2 unspecified atom stereocenters. The second-order valence-electron chi connectivity index (χ2n) is 5.31. The van der Waals surface area contributed by atoms with Gasteiger partial charge in [0.25, 0.3) is 5.91 Å². The summed E-state index contributed by atoms with van der Waals surface area (Å²) in [5.74, 6) is -1.16. The number of ether oxygens (including phenoxy) is 1. The highest BCUT2D eigenvalue weighted by Crippen LogP contribution is 2.22. The minimum absolute atomic E-state index is 0.118. The van der Waals surface area contributed by atoms with E-state index < -0.39 is 12.1 Å². The molecule has 0 aliphatic carbocycles. The summed E-state index contributed by atoms with van der Waals surface area (Å²) in [5, 5.41) is 11.5. The molecule has 1 aliphatic heterocycles. The van der Waals surface area contributed by atoms with Crippen molar-refractivity contribution >= 4 is 23.6 Å². The van der Waals surface area contributed by atoms with Crippen molar-refractivity contribution in [3.8, 4) is 0 Å². The number of carboxylic acid groups (broad SMARTS) is 1. The van der Waals surface area contributed by atoms with Gasteiger partial charge in [0.15, 0.2) is 0 Å². The van der Waals surface area contributed by atoms with Crippen molar-refractivity contribution < 1.29 is 19.4 Å². The Balaban J connectivity index is 2.09. The minimum atomic E-state index is -1.00. The molecule has 5 heteroatoms. The first kappa shape index (κ1) is 15.3. The average molecular weight is 289 g/mol. The number of hydrogen-bond acceptors (Lipinski definition) is 3. The Morgan fingerprint density at radius 1 is 1.33 bits per heavy atom. The number of amides is 1. The molecule has 21 heavy (non-hydrogen) atoms. The number of carbonyl (C=O) groups is 2. The summed E-state index contributed by atoms with van der Waals surface area (Å²) in [5.41, 5.74) is 2.32. The van der Waals surface area contributed by atoms with Gasteiger partial charge in [0.2, 0.25) is 0 Å². The fourth-order valence-corrected chi connectivity index (χ4v) is 2.37. The number of carboxylic acids is 1. The lowest BCUT2D eigenvalue weighted by Crippen LogP contribution is -2.27. The van der Waals surface area contributed by atoms with E-state index in [-0.39, 0.29) is 12.0 Å². The molecule has 112 valence electrons. The van der Waals surface area contributed by atoms with Gasteiger partial charge >= 0.3 is 5.97 Å². The van der Waals surface area contributed by atoms with E-state index in [2.05, 4.69) is 5.32 Å². The number of anilines is 1. The molecule has 0 spiro atoms. The topological polar surface area (TPSA) is 75.6 Å². The highest BCUT2D eigenvalue weighted by atomic mass is 16.5. The van der Waals surface area contributed by atoms with Gasteiger partial charge < -0.3 is 15.2 Å². The van der Waals surface area contributed by atoms with Crippen molar-refractivity contribution in [3.05, 3.63) is 35.4 Å². The van der Waals surface area contributed by atoms with Crippen LogP contribution >= 0.6 is 0 Å². The number of rotatable bonds is 4.